The van der Waals surface area contributed by atoms with Crippen LogP contribution >= 0.6 is 0 Å². The summed E-state index contributed by atoms with van der Waals surface area (Å²) in [4.78, 5) is 0. The minimum atomic E-state index is -0.232. The quantitative estimate of drug-likeness (QED) is 0.534. The molecular formula is C22H24F2N6. The van der Waals surface area contributed by atoms with Gasteiger partial charge in [-0.1, -0.05) is 24.3 Å². The summed E-state index contributed by atoms with van der Waals surface area (Å²) >= 11 is 0. The van der Waals surface area contributed by atoms with Crippen molar-refractivity contribution < 1.29 is 8.78 Å². The molecule has 2 heterocycles. The van der Waals surface area contributed by atoms with E-state index in [4.69, 9.17) is 11.5 Å². The number of nitrogen functional groups attached to an aromatic ring is 2. The summed E-state index contributed by atoms with van der Waals surface area (Å²) in [5.41, 5.74) is 16.1. The highest BCUT2D eigenvalue weighted by Gasteiger charge is 2.04. The number of benzene rings is 2. The average molecular weight is 410 g/mol. The molecule has 0 saturated heterocycles. The van der Waals surface area contributed by atoms with Crippen molar-refractivity contribution in [1.29, 1.82) is 0 Å². The summed E-state index contributed by atoms with van der Waals surface area (Å²) in [5, 5.41) is 8.31. The van der Waals surface area contributed by atoms with Crippen LogP contribution in [0.4, 0.5) is 20.2 Å². The monoisotopic (exact) mass is 410 g/mol. The van der Waals surface area contributed by atoms with E-state index in [9.17, 15) is 8.78 Å². The minimum Gasteiger partial charge on any atom is -0.396 e. The summed E-state index contributed by atoms with van der Waals surface area (Å²) in [6, 6.07) is 12.9. The molecule has 0 unspecified atom stereocenters. The Hall–Kier alpha value is -3.68. The van der Waals surface area contributed by atoms with Crippen molar-refractivity contribution in [2.75, 3.05) is 11.5 Å². The Morgan fingerprint density at radius 1 is 0.867 bits per heavy atom. The van der Waals surface area contributed by atoms with Crippen molar-refractivity contribution in [3.05, 3.63) is 95.1 Å². The molecule has 4 N–H and O–H groups in total. The van der Waals surface area contributed by atoms with Gasteiger partial charge < -0.3 is 11.5 Å². The van der Waals surface area contributed by atoms with E-state index < -0.39 is 0 Å². The highest BCUT2D eigenvalue weighted by molar-refractivity contribution is 5.40. The molecule has 2 aromatic heterocycles. The van der Waals surface area contributed by atoms with Crippen molar-refractivity contribution in [2.24, 2.45) is 0 Å². The Balaban J connectivity index is 0.000000171. The molecule has 0 radical (unpaired) electrons. The van der Waals surface area contributed by atoms with Gasteiger partial charge in [-0.2, -0.15) is 10.2 Å². The number of hydrogen-bond donors (Lipinski definition) is 2. The van der Waals surface area contributed by atoms with Crippen LogP contribution in [0.1, 0.15) is 22.5 Å². The zero-order valence-electron chi connectivity index (χ0n) is 16.9. The van der Waals surface area contributed by atoms with E-state index >= 15 is 0 Å². The van der Waals surface area contributed by atoms with Crippen molar-refractivity contribution in [3.63, 3.8) is 0 Å². The number of hydrogen-bond acceptors (Lipinski definition) is 4. The summed E-state index contributed by atoms with van der Waals surface area (Å²) in [6.45, 7) is 4.82. The maximum Gasteiger partial charge on any atom is 0.123 e. The van der Waals surface area contributed by atoms with Gasteiger partial charge in [-0.3, -0.25) is 9.36 Å². The first kappa shape index (κ1) is 21.0. The summed E-state index contributed by atoms with van der Waals surface area (Å²) < 4.78 is 29.3. The summed E-state index contributed by atoms with van der Waals surface area (Å²) in [6.07, 6.45) is 3.36. The van der Waals surface area contributed by atoms with Gasteiger partial charge in [0, 0.05) is 6.20 Å². The molecule has 0 saturated carbocycles. The highest BCUT2D eigenvalue weighted by Crippen LogP contribution is 2.12. The van der Waals surface area contributed by atoms with Crippen molar-refractivity contribution in [2.45, 2.75) is 26.9 Å². The number of nitrogens with zero attached hydrogens (tertiary/aromatic N) is 4. The Morgan fingerprint density at radius 3 is 1.93 bits per heavy atom. The lowest BCUT2D eigenvalue weighted by molar-refractivity contribution is 0.616. The fraction of sp³-hybridized carbons (Fsp3) is 0.182. The molecule has 156 valence electrons. The van der Waals surface area contributed by atoms with E-state index in [0.717, 1.165) is 22.5 Å². The Labute approximate surface area is 173 Å². The Kier molecular flexibility index (Phi) is 6.46. The van der Waals surface area contributed by atoms with Gasteiger partial charge in [-0.15, -0.1) is 0 Å². The van der Waals surface area contributed by atoms with Crippen LogP contribution in [-0.4, -0.2) is 19.6 Å². The van der Waals surface area contributed by atoms with Gasteiger partial charge in [0.25, 0.3) is 0 Å². The van der Waals surface area contributed by atoms with Gasteiger partial charge in [-0.25, -0.2) is 8.78 Å². The number of halogens is 2. The lowest BCUT2D eigenvalue weighted by atomic mass is 10.2. The van der Waals surface area contributed by atoms with Crippen LogP contribution in [0.3, 0.4) is 0 Å². The molecule has 0 aliphatic heterocycles. The Bertz CT molecular complexity index is 1110. The van der Waals surface area contributed by atoms with Crippen molar-refractivity contribution in [3.8, 4) is 0 Å². The molecule has 0 aliphatic rings. The second-order valence-corrected chi connectivity index (χ2v) is 6.97. The molecule has 0 spiro atoms. The fourth-order valence-electron chi connectivity index (χ4n) is 2.87. The molecule has 2 aromatic carbocycles. The molecule has 0 fully saturated rings. The van der Waals surface area contributed by atoms with Crippen LogP contribution in [-0.2, 0) is 13.1 Å². The first-order chi connectivity index (χ1) is 14.3. The molecule has 4 rings (SSSR count). The maximum absolute atomic E-state index is 12.9. The van der Waals surface area contributed by atoms with Gasteiger partial charge in [-0.05, 0) is 49.2 Å². The molecule has 30 heavy (non-hydrogen) atoms. The smallest absolute Gasteiger partial charge is 0.123 e. The van der Waals surface area contributed by atoms with Gasteiger partial charge in [0.15, 0.2) is 0 Å². The number of anilines is 2. The third kappa shape index (κ3) is 5.44. The first-order valence-corrected chi connectivity index (χ1v) is 9.38. The van der Waals surface area contributed by atoms with Gasteiger partial charge >= 0.3 is 0 Å². The van der Waals surface area contributed by atoms with Crippen LogP contribution in [0.5, 0.6) is 0 Å². The van der Waals surface area contributed by atoms with E-state index in [0.29, 0.717) is 24.5 Å². The zero-order valence-corrected chi connectivity index (χ0v) is 16.9. The zero-order chi connectivity index (χ0) is 21.7. The van der Waals surface area contributed by atoms with Gasteiger partial charge in [0.2, 0.25) is 0 Å². The first-order valence-electron chi connectivity index (χ1n) is 9.38. The predicted molar refractivity (Wildman–Crippen MR) is 114 cm³/mol. The Morgan fingerprint density at radius 2 is 1.47 bits per heavy atom. The van der Waals surface area contributed by atoms with E-state index in [1.54, 1.807) is 33.9 Å². The van der Waals surface area contributed by atoms with E-state index in [1.165, 1.54) is 24.3 Å². The number of rotatable bonds is 4. The van der Waals surface area contributed by atoms with Crippen LogP contribution in [0, 0.1) is 25.5 Å². The SMILES string of the molecule is Cc1c(N)cnn1Cc1cccc(F)c1.Cc1nn(Cc2cccc(F)c2)cc1N. The lowest BCUT2D eigenvalue weighted by Crippen LogP contribution is -2.04. The number of aryl methyl sites for hydroxylation is 1. The molecular weight excluding hydrogens is 386 g/mol. The minimum absolute atomic E-state index is 0.231. The largest absolute Gasteiger partial charge is 0.396 e. The molecule has 4 aromatic rings. The van der Waals surface area contributed by atoms with Crippen LogP contribution in [0.15, 0.2) is 60.9 Å². The molecule has 8 heteroatoms. The number of nitrogens with two attached hydrogens (primary N) is 2. The molecule has 0 amide bonds. The molecule has 0 atom stereocenters. The molecule has 0 aliphatic carbocycles. The van der Waals surface area contributed by atoms with Crippen LogP contribution in [0.25, 0.3) is 0 Å². The van der Waals surface area contributed by atoms with Crippen LogP contribution in [0.2, 0.25) is 0 Å². The second-order valence-electron chi connectivity index (χ2n) is 6.97. The third-order valence-electron chi connectivity index (χ3n) is 4.58. The summed E-state index contributed by atoms with van der Waals surface area (Å²) in [7, 11) is 0. The fourth-order valence-corrected chi connectivity index (χ4v) is 2.87. The molecule has 0 bridgehead atoms. The topological polar surface area (TPSA) is 87.7 Å². The van der Waals surface area contributed by atoms with Crippen molar-refractivity contribution >= 4 is 11.4 Å². The maximum atomic E-state index is 12.9. The average Bonchev–Trinajstić information content (AvgIpc) is 3.17. The van der Waals surface area contributed by atoms with E-state index in [2.05, 4.69) is 10.2 Å². The third-order valence-corrected chi connectivity index (χ3v) is 4.58. The normalized spacial score (nSPS) is 10.5. The predicted octanol–water partition coefficient (Wildman–Crippen LogP) is 3.92. The second kappa shape index (κ2) is 9.21. The number of aromatic nitrogens is 4. The van der Waals surface area contributed by atoms with E-state index in [1.807, 2.05) is 26.0 Å². The highest BCUT2D eigenvalue weighted by atomic mass is 19.1. The standard InChI is InChI=1S/2C11H12FN3/c1-8-11(13)6-14-15(8)7-9-3-2-4-10(12)5-9;1-8-11(13)7-15(14-8)6-9-3-2-4-10(12)5-9/h2-6H,7,13H2,1H3;2-5,7H,6,13H2,1H3. The van der Waals surface area contributed by atoms with Gasteiger partial charge in [0.1, 0.15) is 11.6 Å². The lowest BCUT2D eigenvalue weighted by Gasteiger charge is -2.04. The van der Waals surface area contributed by atoms with Crippen molar-refractivity contribution in [1.82, 2.24) is 19.6 Å². The van der Waals surface area contributed by atoms with E-state index in [-0.39, 0.29) is 11.6 Å². The van der Waals surface area contributed by atoms with Gasteiger partial charge in [0.05, 0.1) is 42.0 Å². The van der Waals surface area contributed by atoms with Crippen LogP contribution < -0.4 is 11.5 Å². The summed E-state index contributed by atoms with van der Waals surface area (Å²) in [5.74, 6) is -0.463. The molecule has 6 nitrogen and oxygen atoms in total.